The van der Waals surface area contributed by atoms with Gasteiger partial charge < -0.3 is 4.98 Å². The van der Waals surface area contributed by atoms with Crippen LogP contribution in [0.3, 0.4) is 0 Å². The number of carbonyl (C=O) groups excluding carboxylic acids is 2. The lowest BCUT2D eigenvalue weighted by molar-refractivity contribution is 0.0843. The smallest absolute Gasteiger partial charge is 0.290 e. The Balaban J connectivity index is 1.72. The van der Waals surface area contributed by atoms with Crippen LogP contribution >= 0.6 is 0 Å². The second kappa shape index (κ2) is 5.76. The fraction of sp³-hybridized carbons (Fsp3) is 0.0667. The average Bonchev–Trinajstić information content (AvgIpc) is 2.99. The number of H-pyrrole nitrogens is 1. The third-order valence-electron chi connectivity index (χ3n) is 3.32. The first-order valence-electron chi connectivity index (χ1n) is 6.77. The average molecular weight is 311 g/mol. The Hall–Kier alpha value is -3.42. The SMILES string of the molecule is Cn1nc(C(=O)NNC(=O)c2c[nH]c3ccccc23)ccc1=O. The number of aryl methyl sites for hydroxylation is 1. The number of hydrogen-bond donors (Lipinski definition) is 3. The van der Waals surface area contributed by atoms with Crippen LogP contribution < -0.4 is 16.4 Å². The number of hydrogen-bond acceptors (Lipinski definition) is 4. The molecule has 0 radical (unpaired) electrons. The third-order valence-corrected chi connectivity index (χ3v) is 3.32. The van der Waals surface area contributed by atoms with Crippen molar-refractivity contribution < 1.29 is 9.59 Å². The molecule has 0 spiro atoms. The fourth-order valence-electron chi connectivity index (χ4n) is 2.13. The topological polar surface area (TPSA) is 109 Å². The minimum absolute atomic E-state index is 0.0197. The summed E-state index contributed by atoms with van der Waals surface area (Å²) < 4.78 is 1.04. The highest BCUT2D eigenvalue weighted by molar-refractivity contribution is 6.07. The minimum Gasteiger partial charge on any atom is -0.360 e. The number of para-hydroxylation sites is 1. The van der Waals surface area contributed by atoms with Crippen molar-refractivity contribution in [2.45, 2.75) is 0 Å². The van der Waals surface area contributed by atoms with Crippen molar-refractivity contribution in [3.05, 3.63) is 64.2 Å². The van der Waals surface area contributed by atoms with E-state index in [4.69, 9.17) is 0 Å². The van der Waals surface area contributed by atoms with Crippen molar-refractivity contribution in [3.63, 3.8) is 0 Å². The Morgan fingerprint density at radius 1 is 1.09 bits per heavy atom. The van der Waals surface area contributed by atoms with E-state index in [-0.39, 0.29) is 11.3 Å². The van der Waals surface area contributed by atoms with Crippen molar-refractivity contribution in [2.24, 2.45) is 7.05 Å². The van der Waals surface area contributed by atoms with Crippen molar-refractivity contribution in [1.82, 2.24) is 25.6 Å². The molecule has 1 aromatic carbocycles. The molecule has 0 unspecified atom stereocenters. The Morgan fingerprint density at radius 3 is 2.61 bits per heavy atom. The molecule has 23 heavy (non-hydrogen) atoms. The molecule has 0 aliphatic heterocycles. The highest BCUT2D eigenvalue weighted by Gasteiger charge is 2.14. The van der Waals surface area contributed by atoms with Crippen LogP contribution in [0.2, 0.25) is 0 Å². The molecular formula is C15H13N5O3. The van der Waals surface area contributed by atoms with E-state index in [9.17, 15) is 14.4 Å². The second-order valence-electron chi connectivity index (χ2n) is 4.84. The number of rotatable bonds is 2. The van der Waals surface area contributed by atoms with Crippen molar-refractivity contribution in [2.75, 3.05) is 0 Å². The van der Waals surface area contributed by atoms with Gasteiger partial charge in [-0.3, -0.25) is 25.2 Å². The Bertz CT molecular complexity index is 957. The first-order chi connectivity index (χ1) is 11.1. The van der Waals surface area contributed by atoms with Crippen molar-refractivity contribution in [3.8, 4) is 0 Å². The van der Waals surface area contributed by atoms with E-state index in [1.54, 1.807) is 12.3 Å². The summed E-state index contributed by atoms with van der Waals surface area (Å²) in [6.45, 7) is 0. The predicted octanol–water partition coefficient (Wildman–Crippen LogP) is 0.336. The van der Waals surface area contributed by atoms with E-state index in [1.807, 2.05) is 18.2 Å². The van der Waals surface area contributed by atoms with Gasteiger partial charge in [0.2, 0.25) is 0 Å². The van der Waals surface area contributed by atoms with Gasteiger partial charge in [-0.15, -0.1) is 0 Å². The van der Waals surface area contributed by atoms with Crippen LogP contribution in [0.25, 0.3) is 10.9 Å². The van der Waals surface area contributed by atoms with Gasteiger partial charge in [-0.25, -0.2) is 4.68 Å². The molecule has 0 aliphatic carbocycles. The monoisotopic (exact) mass is 311 g/mol. The second-order valence-corrected chi connectivity index (χ2v) is 4.84. The molecule has 0 bridgehead atoms. The van der Waals surface area contributed by atoms with Crippen LogP contribution in [0.15, 0.2) is 47.4 Å². The molecule has 0 atom stereocenters. The normalized spacial score (nSPS) is 10.5. The summed E-state index contributed by atoms with van der Waals surface area (Å²) >= 11 is 0. The molecule has 3 N–H and O–H groups in total. The lowest BCUT2D eigenvalue weighted by Gasteiger charge is -2.06. The number of amides is 2. The lowest BCUT2D eigenvalue weighted by atomic mass is 10.2. The standard InChI is InChI=1S/C15H13N5O3/c1-20-13(21)7-6-12(19-20)15(23)18-17-14(22)10-8-16-11-5-3-2-4-9(10)11/h2-8,16H,1H3,(H,17,22)(H,18,23). The summed E-state index contributed by atoms with van der Waals surface area (Å²) in [6, 6.07) is 9.84. The number of aromatic amines is 1. The Kier molecular flexibility index (Phi) is 3.63. The number of nitrogens with zero attached hydrogens (tertiary/aromatic N) is 2. The number of aromatic nitrogens is 3. The van der Waals surface area contributed by atoms with Gasteiger partial charge in [0.15, 0.2) is 5.69 Å². The van der Waals surface area contributed by atoms with Gasteiger partial charge in [-0.2, -0.15) is 5.10 Å². The van der Waals surface area contributed by atoms with Crippen LogP contribution in [-0.2, 0) is 7.05 Å². The molecule has 2 heterocycles. The van der Waals surface area contributed by atoms with E-state index < -0.39 is 11.8 Å². The van der Waals surface area contributed by atoms with Gasteiger partial charge in [0, 0.05) is 30.2 Å². The molecule has 0 aliphatic rings. The van der Waals surface area contributed by atoms with Gasteiger partial charge in [-0.05, 0) is 12.1 Å². The summed E-state index contributed by atoms with van der Waals surface area (Å²) in [5, 5.41) is 4.55. The lowest BCUT2D eigenvalue weighted by Crippen LogP contribution is -2.42. The minimum atomic E-state index is -0.617. The summed E-state index contributed by atoms with van der Waals surface area (Å²) in [6.07, 6.45) is 1.57. The summed E-state index contributed by atoms with van der Waals surface area (Å²) in [5.41, 5.74) is 5.52. The van der Waals surface area contributed by atoms with Gasteiger partial charge in [-0.1, -0.05) is 18.2 Å². The summed E-state index contributed by atoms with van der Waals surface area (Å²) in [5.74, 6) is -1.07. The maximum Gasteiger partial charge on any atom is 0.290 e. The van der Waals surface area contributed by atoms with E-state index in [1.165, 1.54) is 19.2 Å². The van der Waals surface area contributed by atoms with Crippen LogP contribution in [0, 0.1) is 0 Å². The van der Waals surface area contributed by atoms with E-state index in [2.05, 4.69) is 20.9 Å². The number of hydrazine groups is 1. The van der Waals surface area contributed by atoms with Crippen molar-refractivity contribution >= 4 is 22.7 Å². The third kappa shape index (κ3) is 2.82. The van der Waals surface area contributed by atoms with Crippen LogP contribution in [-0.4, -0.2) is 26.6 Å². The zero-order valence-electron chi connectivity index (χ0n) is 12.2. The highest BCUT2D eigenvalue weighted by atomic mass is 16.2. The quantitative estimate of drug-likeness (QED) is 0.593. The number of nitrogens with one attached hydrogen (secondary N) is 3. The van der Waals surface area contributed by atoms with Crippen LogP contribution in [0.4, 0.5) is 0 Å². The van der Waals surface area contributed by atoms with Crippen LogP contribution in [0.1, 0.15) is 20.8 Å². The predicted molar refractivity (Wildman–Crippen MR) is 82.7 cm³/mol. The molecule has 0 saturated heterocycles. The maximum atomic E-state index is 12.2. The summed E-state index contributed by atoms with van der Waals surface area (Å²) in [7, 11) is 1.43. The van der Waals surface area contributed by atoms with E-state index in [0.717, 1.165) is 15.6 Å². The molecule has 3 aromatic rings. The Morgan fingerprint density at radius 2 is 1.83 bits per heavy atom. The number of carbonyl (C=O) groups is 2. The largest absolute Gasteiger partial charge is 0.360 e. The van der Waals surface area contributed by atoms with Crippen molar-refractivity contribution in [1.29, 1.82) is 0 Å². The molecule has 0 saturated carbocycles. The first-order valence-corrected chi connectivity index (χ1v) is 6.77. The van der Waals surface area contributed by atoms with Gasteiger partial charge in [0.05, 0.1) is 5.56 Å². The molecule has 3 rings (SSSR count). The molecular weight excluding hydrogens is 298 g/mol. The first kappa shape index (κ1) is 14.5. The molecule has 8 nitrogen and oxygen atoms in total. The highest BCUT2D eigenvalue weighted by Crippen LogP contribution is 2.17. The zero-order valence-corrected chi connectivity index (χ0v) is 12.2. The molecule has 2 amide bonds. The maximum absolute atomic E-state index is 12.2. The van der Waals surface area contributed by atoms with Gasteiger partial charge >= 0.3 is 0 Å². The molecule has 0 fully saturated rings. The zero-order chi connectivity index (χ0) is 16.4. The number of benzene rings is 1. The Labute approximate surface area is 130 Å². The molecule has 2 aromatic heterocycles. The fourth-order valence-corrected chi connectivity index (χ4v) is 2.13. The number of fused-ring (bicyclic) bond motifs is 1. The van der Waals surface area contributed by atoms with Gasteiger partial charge in [0.1, 0.15) is 0 Å². The molecule has 116 valence electrons. The molecule has 8 heteroatoms. The summed E-state index contributed by atoms with van der Waals surface area (Å²) in [4.78, 5) is 38.3. The van der Waals surface area contributed by atoms with E-state index >= 15 is 0 Å². The van der Waals surface area contributed by atoms with Gasteiger partial charge in [0.25, 0.3) is 17.4 Å². The van der Waals surface area contributed by atoms with Crippen LogP contribution in [0.5, 0.6) is 0 Å². The van der Waals surface area contributed by atoms with E-state index in [0.29, 0.717) is 5.56 Å².